The SMILES string of the molecule is CC(C)(C)N1CC(C(O)C(=O)O)C1. The van der Waals surface area contributed by atoms with Crippen molar-refractivity contribution in [3.63, 3.8) is 0 Å². The largest absolute Gasteiger partial charge is 0.479 e. The second-order valence-electron chi connectivity index (χ2n) is 4.62. The average Bonchev–Trinajstić information content (AvgIpc) is 1.79. The normalized spacial score (nSPS) is 22.5. The number of hydrogen-bond acceptors (Lipinski definition) is 3. The fraction of sp³-hybridized carbons (Fsp3) is 0.889. The Kier molecular flexibility index (Phi) is 2.63. The van der Waals surface area contributed by atoms with E-state index in [-0.39, 0.29) is 11.5 Å². The van der Waals surface area contributed by atoms with E-state index >= 15 is 0 Å². The molecule has 1 heterocycles. The van der Waals surface area contributed by atoms with Gasteiger partial charge in [0.15, 0.2) is 6.10 Å². The van der Waals surface area contributed by atoms with Gasteiger partial charge in [-0.15, -0.1) is 0 Å². The van der Waals surface area contributed by atoms with Crippen molar-refractivity contribution >= 4 is 5.97 Å². The van der Waals surface area contributed by atoms with Crippen molar-refractivity contribution in [1.29, 1.82) is 0 Å². The summed E-state index contributed by atoms with van der Waals surface area (Å²) in [5, 5.41) is 17.7. The van der Waals surface area contributed by atoms with Gasteiger partial charge in [0.25, 0.3) is 0 Å². The highest BCUT2D eigenvalue weighted by Crippen LogP contribution is 2.27. The molecule has 1 aliphatic heterocycles. The Morgan fingerprint density at radius 3 is 2.23 bits per heavy atom. The van der Waals surface area contributed by atoms with Crippen LogP contribution in [0, 0.1) is 5.92 Å². The van der Waals surface area contributed by atoms with Gasteiger partial charge >= 0.3 is 5.97 Å². The minimum absolute atomic E-state index is 0.0781. The third-order valence-corrected chi connectivity index (χ3v) is 2.56. The van der Waals surface area contributed by atoms with Gasteiger partial charge in [-0.3, -0.25) is 4.90 Å². The number of carboxylic acid groups (broad SMARTS) is 1. The number of hydrogen-bond donors (Lipinski definition) is 2. The fourth-order valence-corrected chi connectivity index (χ4v) is 1.46. The van der Waals surface area contributed by atoms with Gasteiger partial charge in [-0.05, 0) is 20.8 Å². The van der Waals surface area contributed by atoms with Crippen molar-refractivity contribution in [3.8, 4) is 0 Å². The lowest BCUT2D eigenvalue weighted by molar-refractivity contribution is -0.155. The maximum atomic E-state index is 10.4. The molecule has 1 rings (SSSR count). The fourth-order valence-electron chi connectivity index (χ4n) is 1.46. The van der Waals surface area contributed by atoms with E-state index < -0.39 is 12.1 Å². The molecule has 76 valence electrons. The number of aliphatic hydroxyl groups excluding tert-OH is 1. The molecule has 1 fully saturated rings. The first-order valence-electron chi connectivity index (χ1n) is 4.48. The van der Waals surface area contributed by atoms with E-state index in [0.717, 1.165) is 0 Å². The lowest BCUT2D eigenvalue weighted by Gasteiger charge is -2.48. The molecule has 0 spiro atoms. The summed E-state index contributed by atoms with van der Waals surface area (Å²) >= 11 is 0. The second kappa shape index (κ2) is 3.27. The summed E-state index contributed by atoms with van der Waals surface area (Å²) in [6, 6.07) is 0. The predicted molar refractivity (Wildman–Crippen MR) is 48.5 cm³/mol. The van der Waals surface area contributed by atoms with Crippen LogP contribution in [0.5, 0.6) is 0 Å². The lowest BCUT2D eigenvalue weighted by Crippen LogP contribution is -2.60. The molecule has 1 saturated heterocycles. The predicted octanol–water partition coefficient (Wildman–Crippen LogP) is 0.162. The minimum Gasteiger partial charge on any atom is -0.479 e. The van der Waals surface area contributed by atoms with Crippen molar-refractivity contribution in [2.75, 3.05) is 13.1 Å². The van der Waals surface area contributed by atoms with E-state index in [1.165, 1.54) is 0 Å². The van der Waals surface area contributed by atoms with Crippen LogP contribution in [0.2, 0.25) is 0 Å². The van der Waals surface area contributed by atoms with Crippen molar-refractivity contribution in [2.24, 2.45) is 5.92 Å². The Bertz CT molecular complexity index is 203. The molecule has 0 amide bonds. The highest BCUT2D eigenvalue weighted by molar-refractivity contribution is 5.72. The minimum atomic E-state index is -1.20. The highest BCUT2D eigenvalue weighted by Gasteiger charge is 2.40. The molecule has 0 aromatic heterocycles. The number of rotatable bonds is 2. The lowest BCUT2D eigenvalue weighted by atomic mass is 9.88. The topological polar surface area (TPSA) is 60.8 Å². The van der Waals surface area contributed by atoms with Crippen LogP contribution in [-0.2, 0) is 4.79 Å². The maximum absolute atomic E-state index is 10.4. The summed E-state index contributed by atoms with van der Waals surface area (Å²) in [4.78, 5) is 12.6. The van der Waals surface area contributed by atoms with Gasteiger partial charge in [0.2, 0.25) is 0 Å². The molecule has 0 aliphatic carbocycles. The number of carboxylic acids is 1. The molecule has 4 heteroatoms. The standard InChI is InChI=1S/C9H17NO3/c1-9(2,3)10-4-6(5-10)7(11)8(12)13/h6-7,11H,4-5H2,1-3H3,(H,12,13). The number of aliphatic hydroxyl groups is 1. The van der Waals surface area contributed by atoms with E-state index in [9.17, 15) is 9.90 Å². The van der Waals surface area contributed by atoms with E-state index in [0.29, 0.717) is 13.1 Å². The summed E-state index contributed by atoms with van der Waals surface area (Å²) in [5.41, 5.74) is 0.0781. The van der Waals surface area contributed by atoms with Gasteiger partial charge < -0.3 is 10.2 Å². The Hall–Kier alpha value is -0.610. The first kappa shape index (κ1) is 10.5. The molecule has 1 unspecified atom stereocenters. The number of aliphatic carboxylic acids is 1. The molecule has 0 radical (unpaired) electrons. The molecule has 1 atom stereocenters. The van der Waals surface area contributed by atoms with Gasteiger partial charge in [0.1, 0.15) is 0 Å². The summed E-state index contributed by atoms with van der Waals surface area (Å²) in [6.07, 6.45) is -1.20. The monoisotopic (exact) mass is 187 g/mol. The summed E-state index contributed by atoms with van der Waals surface area (Å²) < 4.78 is 0. The molecule has 0 saturated carbocycles. The van der Waals surface area contributed by atoms with Gasteiger partial charge in [-0.2, -0.15) is 0 Å². The quantitative estimate of drug-likeness (QED) is 0.646. The van der Waals surface area contributed by atoms with Crippen LogP contribution in [0.25, 0.3) is 0 Å². The number of nitrogens with zero attached hydrogens (tertiary/aromatic N) is 1. The molecule has 0 bridgehead atoms. The van der Waals surface area contributed by atoms with Crippen molar-refractivity contribution in [2.45, 2.75) is 32.4 Å². The molecule has 4 nitrogen and oxygen atoms in total. The van der Waals surface area contributed by atoms with E-state index in [1.54, 1.807) is 0 Å². The van der Waals surface area contributed by atoms with E-state index in [1.807, 2.05) is 0 Å². The summed E-state index contributed by atoms with van der Waals surface area (Å²) in [6.45, 7) is 7.59. The van der Waals surface area contributed by atoms with Crippen LogP contribution in [0.4, 0.5) is 0 Å². The van der Waals surface area contributed by atoms with Gasteiger partial charge in [0.05, 0.1) is 0 Å². The van der Waals surface area contributed by atoms with Crippen LogP contribution >= 0.6 is 0 Å². The van der Waals surface area contributed by atoms with Crippen molar-refractivity contribution in [1.82, 2.24) is 4.90 Å². The number of likely N-dealkylation sites (tertiary alicyclic amines) is 1. The molecular formula is C9H17NO3. The van der Waals surface area contributed by atoms with Crippen LogP contribution in [-0.4, -0.2) is 45.8 Å². The smallest absolute Gasteiger partial charge is 0.332 e. The van der Waals surface area contributed by atoms with Gasteiger partial charge in [-0.25, -0.2) is 4.79 Å². The third kappa shape index (κ3) is 2.19. The molecule has 0 aromatic carbocycles. The van der Waals surface area contributed by atoms with Crippen LogP contribution < -0.4 is 0 Å². The zero-order chi connectivity index (χ0) is 10.2. The Morgan fingerprint density at radius 2 is 1.92 bits per heavy atom. The van der Waals surface area contributed by atoms with Crippen LogP contribution in [0.15, 0.2) is 0 Å². The summed E-state index contributed by atoms with van der Waals surface area (Å²) in [7, 11) is 0. The zero-order valence-electron chi connectivity index (χ0n) is 8.32. The van der Waals surface area contributed by atoms with Crippen LogP contribution in [0.3, 0.4) is 0 Å². The van der Waals surface area contributed by atoms with Gasteiger partial charge in [0, 0.05) is 24.5 Å². The molecule has 2 N–H and O–H groups in total. The second-order valence-corrected chi connectivity index (χ2v) is 4.62. The maximum Gasteiger partial charge on any atom is 0.332 e. The van der Waals surface area contributed by atoms with Crippen molar-refractivity contribution < 1.29 is 15.0 Å². The highest BCUT2D eigenvalue weighted by atomic mass is 16.4. The third-order valence-electron chi connectivity index (χ3n) is 2.56. The van der Waals surface area contributed by atoms with E-state index in [2.05, 4.69) is 25.7 Å². The molecule has 1 aliphatic rings. The van der Waals surface area contributed by atoms with Crippen LogP contribution in [0.1, 0.15) is 20.8 Å². The number of carbonyl (C=O) groups is 1. The first-order chi connectivity index (χ1) is 5.82. The van der Waals surface area contributed by atoms with Crippen molar-refractivity contribution in [3.05, 3.63) is 0 Å². The Labute approximate surface area is 78.2 Å². The average molecular weight is 187 g/mol. The Balaban J connectivity index is 2.38. The summed E-state index contributed by atoms with van der Waals surface area (Å²) in [5.74, 6) is -1.21. The Morgan fingerprint density at radius 1 is 1.46 bits per heavy atom. The molecular weight excluding hydrogens is 170 g/mol. The first-order valence-corrected chi connectivity index (χ1v) is 4.48. The molecule has 0 aromatic rings. The molecule has 13 heavy (non-hydrogen) atoms. The zero-order valence-corrected chi connectivity index (χ0v) is 8.32. The van der Waals surface area contributed by atoms with Gasteiger partial charge in [-0.1, -0.05) is 0 Å². The van der Waals surface area contributed by atoms with E-state index in [4.69, 9.17) is 5.11 Å².